The van der Waals surface area contributed by atoms with E-state index in [2.05, 4.69) is 31.3 Å². The van der Waals surface area contributed by atoms with E-state index in [4.69, 9.17) is 4.74 Å². The lowest BCUT2D eigenvalue weighted by Crippen LogP contribution is -1.97. The highest BCUT2D eigenvalue weighted by atomic mass is 16.5. The Labute approximate surface area is 131 Å². The number of hydrogen-bond acceptors (Lipinski definition) is 3. The standard InChI is InChI=1S/C19H21NO2/c1-4-22-18-9-6-16(7-10-18)19(21)11-12-20-17-8-5-14(2)15(3)13-17/h5-13,20H,4H2,1-3H3/b12-11+. The molecule has 0 aliphatic carbocycles. The number of rotatable bonds is 6. The monoisotopic (exact) mass is 295 g/mol. The minimum Gasteiger partial charge on any atom is -0.494 e. The summed E-state index contributed by atoms with van der Waals surface area (Å²) in [6.45, 7) is 6.69. The molecule has 0 aromatic heterocycles. The Kier molecular flexibility index (Phi) is 5.37. The summed E-state index contributed by atoms with van der Waals surface area (Å²) >= 11 is 0. The number of allylic oxidation sites excluding steroid dienone is 1. The zero-order chi connectivity index (χ0) is 15.9. The highest BCUT2D eigenvalue weighted by Crippen LogP contribution is 2.15. The fourth-order valence-electron chi connectivity index (χ4n) is 2.02. The summed E-state index contributed by atoms with van der Waals surface area (Å²) in [4.78, 5) is 12.1. The maximum Gasteiger partial charge on any atom is 0.187 e. The second kappa shape index (κ2) is 7.46. The quantitative estimate of drug-likeness (QED) is 0.629. The summed E-state index contributed by atoms with van der Waals surface area (Å²) < 4.78 is 5.36. The van der Waals surface area contributed by atoms with Crippen molar-refractivity contribution in [3.05, 3.63) is 71.4 Å². The van der Waals surface area contributed by atoms with E-state index >= 15 is 0 Å². The predicted molar refractivity (Wildman–Crippen MR) is 90.6 cm³/mol. The Morgan fingerprint density at radius 1 is 1.09 bits per heavy atom. The van der Waals surface area contributed by atoms with Crippen molar-refractivity contribution < 1.29 is 9.53 Å². The predicted octanol–water partition coefficient (Wildman–Crippen LogP) is 4.51. The molecule has 0 radical (unpaired) electrons. The average Bonchev–Trinajstić information content (AvgIpc) is 2.52. The van der Waals surface area contributed by atoms with Crippen LogP contribution in [0.1, 0.15) is 28.4 Å². The van der Waals surface area contributed by atoms with Gasteiger partial charge in [-0.15, -0.1) is 0 Å². The van der Waals surface area contributed by atoms with Crippen molar-refractivity contribution in [1.29, 1.82) is 0 Å². The molecule has 114 valence electrons. The van der Waals surface area contributed by atoms with Crippen LogP contribution in [0.25, 0.3) is 0 Å². The summed E-state index contributed by atoms with van der Waals surface area (Å²) in [5.74, 6) is 0.732. The van der Waals surface area contributed by atoms with Crippen LogP contribution in [0.4, 0.5) is 5.69 Å². The van der Waals surface area contributed by atoms with Crippen molar-refractivity contribution in [2.24, 2.45) is 0 Å². The summed E-state index contributed by atoms with van der Waals surface area (Å²) in [5, 5.41) is 3.12. The van der Waals surface area contributed by atoms with Gasteiger partial charge in [-0.25, -0.2) is 0 Å². The molecular weight excluding hydrogens is 274 g/mol. The first kappa shape index (κ1) is 15.8. The second-order valence-electron chi connectivity index (χ2n) is 5.10. The molecule has 2 aromatic carbocycles. The van der Waals surface area contributed by atoms with Crippen LogP contribution in [-0.4, -0.2) is 12.4 Å². The first-order valence-corrected chi connectivity index (χ1v) is 7.37. The zero-order valence-electron chi connectivity index (χ0n) is 13.2. The zero-order valence-corrected chi connectivity index (χ0v) is 13.2. The summed E-state index contributed by atoms with van der Waals surface area (Å²) in [7, 11) is 0. The molecule has 0 aliphatic heterocycles. The minimum atomic E-state index is -0.0422. The molecule has 3 heteroatoms. The fourth-order valence-corrected chi connectivity index (χ4v) is 2.02. The molecule has 2 aromatic rings. The first-order chi connectivity index (χ1) is 10.6. The van der Waals surface area contributed by atoms with Gasteiger partial charge in [-0.2, -0.15) is 0 Å². The van der Waals surface area contributed by atoms with Crippen LogP contribution in [0.15, 0.2) is 54.7 Å². The van der Waals surface area contributed by atoms with Crippen molar-refractivity contribution >= 4 is 11.5 Å². The van der Waals surface area contributed by atoms with Crippen LogP contribution in [0.5, 0.6) is 5.75 Å². The SMILES string of the molecule is CCOc1ccc(C(=O)/C=C/Nc2ccc(C)c(C)c2)cc1. The Bertz CT molecular complexity index is 672. The molecule has 0 saturated carbocycles. The number of anilines is 1. The van der Waals surface area contributed by atoms with Gasteiger partial charge in [0.2, 0.25) is 0 Å². The van der Waals surface area contributed by atoms with Crippen molar-refractivity contribution in [1.82, 2.24) is 0 Å². The van der Waals surface area contributed by atoms with Crippen molar-refractivity contribution in [3.8, 4) is 5.75 Å². The van der Waals surface area contributed by atoms with E-state index in [1.54, 1.807) is 30.5 Å². The van der Waals surface area contributed by atoms with Gasteiger partial charge in [0.1, 0.15) is 5.75 Å². The number of ether oxygens (including phenoxy) is 1. The average molecular weight is 295 g/mol. The van der Waals surface area contributed by atoms with E-state index in [-0.39, 0.29) is 5.78 Å². The lowest BCUT2D eigenvalue weighted by molar-refractivity contribution is 0.104. The molecule has 0 bridgehead atoms. The Balaban J connectivity index is 1.97. The number of nitrogens with one attached hydrogen (secondary N) is 1. The number of carbonyl (C=O) groups is 1. The van der Waals surface area contributed by atoms with Gasteiger partial charge in [-0.1, -0.05) is 6.07 Å². The van der Waals surface area contributed by atoms with Gasteiger partial charge in [0, 0.05) is 23.5 Å². The van der Waals surface area contributed by atoms with Gasteiger partial charge >= 0.3 is 0 Å². The van der Waals surface area contributed by atoms with Gasteiger partial charge in [0.05, 0.1) is 6.61 Å². The van der Waals surface area contributed by atoms with E-state index < -0.39 is 0 Å². The molecule has 0 saturated heterocycles. The number of carbonyl (C=O) groups excluding carboxylic acids is 1. The number of benzene rings is 2. The van der Waals surface area contributed by atoms with Crippen LogP contribution < -0.4 is 10.1 Å². The van der Waals surface area contributed by atoms with Gasteiger partial charge in [0.15, 0.2) is 5.78 Å². The van der Waals surface area contributed by atoms with E-state index in [0.29, 0.717) is 12.2 Å². The smallest absolute Gasteiger partial charge is 0.187 e. The van der Waals surface area contributed by atoms with Crippen molar-refractivity contribution in [3.63, 3.8) is 0 Å². The molecule has 0 unspecified atom stereocenters. The molecular formula is C19H21NO2. The van der Waals surface area contributed by atoms with Crippen LogP contribution in [0.2, 0.25) is 0 Å². The highest BCUT2D eigenvalue weighted by Gasteiger charge is 2.02. The van der Waals surface area contributed by atoms with Crippen molar-refractivity contribution in [2.75, 3.05) is 11.9 Å². The van der Waals surface area contributed by atoms with Crippen LogP contribution in [-0.2, 0) is 0 Å². The lowest BCUT2D eigenvalue weighted by Gasteiger charge is -2.05. The first-order valence-electron chi connectivity index (χ1n) is 7.37. The highest BCUT2D eigenvalue weighted by molar-refractivity contribution is 6.04. The fraction of sp³-hybridized carbons (Fsp3) is 0.211. The maximum absolute atomic E-state index is 12.1. The Morgan fingerprint density at radius 3 is 2.45 bits per heavy atom. The van der Waals surface area contributed by atoms with Gasteiger partial charge < -0.3 is 10.1 Å². The molecule has 0 spiro atoms. The number of ketones is 1. The van der Waals surface area contributed by atoms with Crippen molar-refractivity contribution in [2.45, 2.75) is 20.8 Å². The molecule has 2 rings (SSSR count). The third-order valence-electron chi connectivity index (χ3n) is 3.44. The van der Waals surface area contributed by atoms with E-state index in [9.17, 15) is 4.79 Å². The topological polar surface area (TPSA) is 38.3 Å². The Morgan fingerprint density at radius 2 is 1.82 bits per heavy atom. The second-order valence-corrected chi connectivity index (χ2v) is 5.10. The summed E-state index contributed by atoms with van der Waals surface area (Å²) in [6.07, 6.45) is 3.20. The van der Waals surface area contributed by atoms with E-state index in [1.165, 1.54) is 17.2 Å². The van der Waals surface area contributed by atoms with Gasteiger partial charge in [0.25, 0.3) is 0 Å². The maximum atomic E-state index is 12.1. The minimum absolute atomic E-state index is 0.0422. The molecule has 0 atom stereocenters. The van der Waals surface area contributed by atoms with E-state index in [0.717, 1.165) is 11.4 Å². The Hall–Kier alpha value is -2.55. The van der Waals surface area contributed by atoms with Gasteiger partial charge in [-0.05, 0) is 68.3 Å². The third-order valence-corrected chi connectivity index (χ3v) is 3.44. The van der Waals surface area contributed by atoms with Crippen LogP contribution >= 0.6 is 0 Å². The molecule has 3 nitrogen and oxygen atoms in total. The molecule has 0 aliphatic rings. The molecule has 1 N–H and O–H groups in total. The van der Waals surface area contributed by atoms with Crippen LogP contribution in [0.3, 0.4) is 0 Å². The lowest BCUT2D eigenvalue weighted by atomic mass is 10.1. The molecule has 22 heavy (non-hydrogen) atoms. The van der Waals surface area contributed by atoms with E-state index in [1.807, 2.05) is 13.0 Å². The van der Waals surface area contributed by atoms with Crippen LogP contribution in [0, 0.1) is 13.8 Å². The normalized spacial score (nSPS) is 10.7. The molecule has 0 amide bonds. The summed E-state index contributed by atoms with van der Waals surface area (Å²) in [6, 6.07) is 13.3. The third kappa shape index (κ3) is 4.22. The molecule has 0 fully saturated rings. The molecule has 0 heterocycles. The summed E-state index contributed by atoms with van der Waals surface area (Å²) in [5.41, 5.74) is 4.08. The number of aryl methyl sites for hydroxylation is 2. The van der Waals surface area contributed by atoms with Gasteiger partial charge in [-0.3, -0.25) is 4.79 Å². The number of hydrogen-bond donors (Lipinski definition) is 1. The largest absolute Gasteiger partial charge is 0.494 e.